The van der Waals surface area contributed by atoms with Gasteiger partial charge in [0, 0.05) is 32.7 Å². The number of sulfone groups is 1. The number of hydrogen-bond donors (Lipinski definition) is 1. The molecule has 0 unspecified atom stereocenters. The highest BCUT2D eigenvalue weighted by atomic mass is 32.2. The van der Waals surface area contributed by atoms with E-state index in [1.165, 1.54) is 12.1 Å². The summed E-state index contributed by atoms with van der Waals surface area (Å²) in [6.07, 6.45) is -0.117. The largest absolute Gasteiger partial charge is 0.491 e. The lowest BCUT2D eigenvalue weighted by atomic mass is 9.99. The molecule has 0 aromatic heterocycles. The molecule has 1 aliphatic heterocycles. The standard InChI is InChI=1S/C22H26O7S/c1-2-27-15-16-29-19-7-3-17(4-8-19)18-5-9-20(10-6-18)30(25,26)22(21(23)24)11-13-28-14-12-22/h3-10H,2,11-16H2,1H3,(H,23,24). The van der Waals surface area contributed by atoms with Crippen molar-refractivity contribution >= 4 is 15.8 Å². The van der Waals surface area contributed by atoms with Crippen LogP contribution in [-0.2, 0) is 24.1 Å². The number of carbonyl (C=O) groups is 1. The van der Waals surface area contributed by atoms with E-state index in [1.807, 2.05) is 31.2 Å². The first kappa shape index (κ1) is 22.3. The summed E-state index contributed by atoms with van der Waals surface area (Å²) in [4.78, 5) is 11.9. The second-order valence-electron chi connectivity index (χ2n) is 7.01. The van der Waals surface area contributed by atoms with Gasteiger partial charge < -0.3 is 19.3 Å². The first-order chi connectivity index (χ1) is 14.4. The molecule has 0 bridgehead atoms. The van der Waals surface area contributed by atoms with E-state index in [0.29, 0.717) is 19.8 Å². The van der Waals surface area contributed by atoms with Gasteiger partial charge in [0.15, 0.2) is 14.6 Å². The lowest BCUT2D eigenvalue weighted by Crippen LogP contribution is -2.50. The van der Waals surface area contributed by atoms with Crippen LogP contribution in [0.5, 0.6) is 5.75 Å². The van der Waals surface area contributed by atoms with Crippen LogP contribution in [0.4, 0.5) is 0 Å². The van der Waals surface area contributed by atoms with E-state index in [9.17, 15) is 18.3 Å². The summed E-state index contributed by atoms with van der Waals surface area (Å²) in [5.41, 5.74) is 1.72. The van der Waals surface area contributed by atoms with Gasteiger partial charge in [0.05, 0.1) is 11.5 Å². The van der Waals surface area contributed by atoms with Crippen LogP contribution in [0, 0.1) is 0 Å². The lowest BCUT2D eigenvalue weighted by molar-refractivity contribution is -0.142. The molecule has 0 radical (unpaired) electrons. The van der Waals surface area contributed by atoms with Crippen molar-refractivity contribution in [2.75, 3.05) is 33.0 Å². The Bertz CT molecular complexity index is 944. The molecule has 3 rings (SSSR count). The van der Waals surface area contributed by atoms with Crippen molar-refractivity contribution in [1.29, 1.82) is 0 Å². The van der Waals surface area contributed by atoms with Crippen molar-refractivity contribution in [3.05, 3.63) is 48.5 Å². The minimum atomic E-state index is -4.06. The zero-order valence-electron chi connectivity index (χ0n) is 16.9. The molecule has 2 aromatic carbocycles. The highest BCUT2D eigenvalue weighted by molar-refractivity contribution is 7.93. The Kier molecular flexibility index (Phi) is 7.12. The van der Waals surface area contributed by atoms with Crippen molar-refractivity contribution in [2.45, 2.75) is 29.4 Å². The number of hydrogen-bond acceptors (Lipinski definition) is 6. The molecule has 2 aromatic rings. The molecule has 0 amide bonds. The van der Waals surface area contributed by atoms with Crippen LogP contribution in [0.15, 0.2) is 53.4 Å². The van der Waals surface area contributed by atoms with Gasteiger partial charge in [-0.1, -0.05) is 24.3 Å². The first-order valence-electron chi connectivity index (χ1n) is 9.87. The fraction of sp³-hybridized carbons (Fsp3) is 0.409. The van der Waals surface area contributed by atoms with E-state index in [1.54, 1.807) is 12.1 Å². The highest BCUT2D eigenvalue weighted by Crippen LogP contribution is 2.36. The van der Waals surface area contributed by atoms with Gasteiger partial charge in [-0.3, -0.25) is 4.79 Å². The molecule has 1 aliphatic rings. The van der Waals surface area contributed by atoms with Crippen LogP contribution >= 0.6 is 0 Å². The maximum Gasteiger partial charge on any atom is 0.325 e. The normalized spacial score (nSPS) is 16.2. The van der Waals surface area contributed by atoms with Crippen molar-refractivity contribution in [3.8, 4) is 16.9 Å². The average molecular weight is 435 g/mol. The van der Waals surface area contributed by atoms with Crippen LogP contribution in [-0.4, -0.2) is 57.3 Å². The molecule has 30 heavy (non-hydrogen) atoms. The van der Waals surface area contributed by atoms with E-state index >= 15 is 0 Å². The van der Waals surface area contributed by atoms with Gasteiger partial charge in [-0.25, -0.2) is 8.42 Å². The summed E-state index contributed by atoms with van der Waals surface area (Å²) >= 11 is 0. The summed E-state index contributed by atoms with van der Waals surface area (Å²) in [6.45, 7) is 3.80. The maximum atomic E-state index is 13.1. The van der Waals surface area contributed by atoms with Crippen LogP contribution in [0.1, 0.15) is 19.8 Å². The van der Waals surface area contributed by atoms with Gasteiger partial charge in [0.25, 0.3) is 0 Å². The zero-order chi connectivity index (χ0) is 21.6. The number of rotatable bonds is 9. The number of carboxylic acid groups (broad SMARTS) is 1. The smallest absolute Gasteiger partial charge is 0.325 e. The summed E-state index contributed by atoms with van der Waals surface area (Å²) < 4.78 is 40.4. The average Bonchev–Trinajstić information content (AvgIpc) is 2.77. The van der Waals surface area contributed by atoms with Crippen LogP contribution in [0.2, 0.25) is 0 Å². The van der Waals surface area contributed by atoms with Gasteiger partial charge in [-0.2, -0.15) is 0 Å². The highest BCUT2D eigenvalue weighted by Gasteiger charge is 2.52. The van der Waals surface area contributed by atoms with Gasteiger partial charge >= 0.3 is 5.97 Å². The van der Waals surface area contributed by atoms with Crippen LogP contribution in [0.3, 0.4) is 0 Å². The first-order valence-corrected chi connectivity index (χ1v) is 11.4. The van der Waals surface area contributed by atoms with Gasteiger partial charge in [0.2, 0.25) is 0 Å². The zero-order valence-corrected chi connectivity index (χ0v) is 17.7. The second-order valence-corrected chi connectivity index (χ2v) is 9.27. The van der Waals surface area contributed by atoms with E-state index in [4.69, 9.17) is 14.2 Å². The third-order valence-electron chi connectivity index (χ3n) is 5.26. The SMILES string of the molecule is CCOCCOc1ccc(-c2ccc(S(=O)(=O)C3(C(=O)O)CCOCC3)cc2)cc1. The Labute approximate surface area is 176 Å². The number of carboxylic acids is 1. The Morgan fingerprint density at radius 1 is 1.00 bits per heavy atom. The Morgan fingerprint density at radius 3 is 2.10 bits per heavy atom. The number of aliphatic carboxylic acids is 1. The minimum Gasteiger partial charge on any atom is -0.491 e. The summed E-state index contributed by atoms with van der Waals surface area (Å²) in [5, 5.41) is 9.68. The van der Waals surface area contributed by atoms with Gasteiger partial charge in [-0.15, -0.1) is 0 Å². The van der Waals surface area contributed by atoms with Crippen LogP contribution in [0.25, 0.3) is 11.1 Å². The van der Waals surface area contributed by atoms with Crippen molar-refractivity contribution in [2.24, 2.45) is 0 Å². The molecule has 1 saturated heterocycles. The summed E-state index contributed by atoms with van der Waals surface area (Å²) in [5.74, 6) is -0.602. The Hall–Kier alpha value is -2.42. The fourth-order valence-corrected chi connectivity index (χ4v) is 5.34. The van der Waals surface area contributed by atoms with E-state index in [-0.39, 0.29) is 31.0 Å². The Balaban J connectivity index is 1.76. The van der Waals surface area contributed by atoms with Crippen molar-refractivity contribution in [1.82, 2.24) is 0 Å². The minimum absolute atomic E-state index is 0.00595. The molecule has 0 saturated carbocycles. The van der Waals surface area contributed by atoms with Gasteiger partial charge in [-0.05, 0) is 42.3 Å². The Morgan fingerprint density at radius 2 is 1.57 bits per heavy atom. The monoisotopic (exact) mass is 434 g/mol. The topological polar surface area (TPSA) is 99.1 Å². The molecule has 0 atom stereocenters. The molecule has 1 fully saturated rings. The number of ether oxygens (including phenoxy) is 3. The second kappa shape index (κ2) is 9.59. The lowest BCUT2D eigenvalue weighted by Gasteiger charge is -2.32. The van der Waals surface area contributed by atoms with Gasteiger partial charge in [0.1, 0.15) is 12.4 Å². The quantitative estimate of drug-likeness (QED) is 0.605. The molecule has 1 heterocycles. The molecule has 8 heteroatoms. The molecule has 7 nitrogen and oxygen atoms in total. The third-order valence-corrected chi connectivity index (χ3v) is 7.76. The van der Waals surface area contributed by atoms with Crippen molar-refractivity contribution in [3.63, 3.8) is 0 Å². The fourth-order valence-electron chi connectivity index (χ4n) is 3.46. The summed E-state index contributed by atoms with van der Waals surface area (Å²) in [7, 11) is -4.06. The van der Waals surface area contributed by atoms with E-state index < -0.39 is 20.6 Å². The predicted octanol–water partition coefficient (Wildman–Crippen LogP) is 3.18. The molecule has 0 aliphatic carbocycles. The van der Waals surface area contributed by atoms with Crippen LogP contribution < -0.4 is 4.74 Å². The molecule has 1 N–H and O–H groups in total. The molecular weight excluding hydrogens is 408 g/mol. The number of benzene rings is 2. The van der Waals surface area contributed by atoms with E-state index in [2.05, 4.69) is 0 Å². The molecule has 162 valence electrons. The maximum absolute atomic E-state index is 13.1. The predicted molar refractivity (Wildman–Crippen MR) is 111 cm³/mol. The molecule has 0 spiro atoms. The van der Waals surface area contributed by atoms with Crippen molar-refractivity contribution < 1.29 is 32.5 Å². The van der Waals surface area contributed by atoms with E-state index in [0.717, 1.165) is 16.9 Å². The summed E-state index contributed by atoms with van der Waals surface area (Å²) in [6, 6.07) is 13.8. The molecular formula is C22H26O7S. The third kappa shape index (κ3) is 4.50.